The highest BCUT2D eigenvalue weighted by Crippen LogP contribution is 2.25. The molecule has 0 aromatic heterocycles. The normalized spacial score (nSPS) is 10.2. The van der Waals surface area contributed by atoms with E-state index in [1.807, 2.05) is 0 Å². The molecule has 21 heavy (non-hydrogen) atoms. The minimum Gasteiger partial charge on any atom is -0.490 e. The van der Waals surface area contributed by atoms with E-state index in [1.165, 1.54) is 42.5 Å². The zero-order chi connectivity index (χ0) is 15.2. The van der Waals surface area contributed by atoms with E-state index in [4.69, 9.17) is 26.2 Å². The van der Waals surface area contributed by atoms with Crippen molar-refractivity contribution in [3.63, 3.8) is 0 Å². The third-order valence-electron chi connectivity index (χ3n) is 2.60. The van der Waals surface area contributed by atoms with Crippen molar-refractivity contribution >= 4 is 17.6 Å². The van der Waals surface area contributed by atoms with Gasteiger partial charge in [0, 0.05) is 0 Å². The fraction of sp³-hybridized carbons (Fsp3) is 0.133. The van der Waals surface area contributed by atoms with Gasteiger partial charge >= 0.3 is 5.97 Å². The molecule has 0 amide bonds. The van der Waals surface area contributed by atoms with Gasteiger partial charge in [-0.3, -0.25) is 0 Å². The zero-order valence-electron chi connectivity index (χ0n) is 10.9. The van der Waals surface area contributed by atoms with Gasteiger partial charge in [0.25, 0.3) is 0 Å². The maximum Gasteiger partial charge on any atom is 0.335 e. The Bertz CT molecular complexity index is 628. The number of hydrogen-bond donors (Lipinski definition) is 1. The average molecular weight is 311 g/mol. The molecule has 0 spiro atoms. The van der Waals surface area contributed by atoms with E-state index in [2.05, 4.69) is 0 Å². The molecule has 0 heterocycles. The van der Waals surface area contributed by atoms with Gasteiger partial charge in [-0.05, 0) is 42.5 Å². The van der Waals surface area contributed by atoms with Gasteiger partial charge in [-0.15, -0.1) is 0 Å². The second-order valence-corrected chi connectivity index (χ2v) is 4.51. The monoisotopic (exact) mass is 310 g/mol. The fourth-order valence-electron chi connectivity index (χ4n) is 1.59. The molecule has 2 rings (SSSR count). The van der Waals surface area contributed by atoms with Gasteiger partial charge in [-0.25, -0.2) is 9.18 Å². The average Bonchev–Trinajstić information content (AvgIpc) is 2.46. The predicted octanol–water partition coefficient (Wildman–Crippen LogP) is 3.64. The third-order valence-corrected chi connectivity index (χ3v) is 2.90. The number of rotatable bonds is 6. The van der Waals surface area contributed by atoms with Gasteiger partial charge in [0.2, 0.25) is 0 Å². The summed E-state index contributed by atoms with van der Waals surface area (Å²) in [4.78, 5) is 10.8. The summed E-state index contributed by atoms with van der Waals surface area (Å²) in [5, 5.41) is 9.03. The summed E-state index contributed by atoms with van der Waals surface area (Å²) < 4.78 is 23.4. The lowest BCUT2D eigenvalue weighted by atomic mass is 10.2. The summed E-state index contributed by atoms with van der Waals surface area (Å²) in [6.45, 7) is 0.478. The maximum absolute atomic E-state index is 12.7. The maximum atomic E-state index is 12.7. The van der Waals surface area contributed by atoms with Crippen molar-refractivity contribution in [3.8, 4) is 11.5 Å². The lowest BCUT2D eigenvalue weighted by Crippen LogP contribution is -2.09. The molecule has 4 nitrogen and oxygen atoms in total. The first-order valence-corrected chi connectivity index (χ1v) is 6.48. The number of hydrogen-bond acceptors (Lipinski definition) is 3. The highest BCUT2D eigenvalue weighted by Gasteiger charge is 2.07. The Morgan fingerprint density at radius 1 is 1.10 bits per heavy atom. The van der Waals surface area contributed by atoms with E-state index in [9.17, 15) is 9.18 Å². The number of benzene rings is 2. The Hall–Kier alpha value is -2.27. The fourth-order valence-corrected chi connectivity index (χ4v) is 1.83. The predicted molar refractivity (Wildman–Crippen MR) is 75.8 cm³/mol. The first-order chi connectivity index (χ1) is 10.1. The number of halogens is 2. The van der Waals surface area contributed by atoms with Crippen LogP contribution in [0.4, 0.5) is 4.39 Å². The molecule has 0 unspecified atom stereocenters. The van der Waals surface area contributed by atoms with Gasteiger partial charge in [0.1, 0.15) is 30.5 Å². The second-order valence-electron chi connectivity index (χ2n) is 4.10. The Kier molecular flexibility index (Phi) is 5.00. The van der Waals surface area contributed by atoms with Gasteiger partial charge in [0.15, 0.2) is 0 Å². The molecule has 0 bridgehead atoms. The van der Waals surface area contributed by atoms with Crippen LogP contribution in [-0.2, 0) is 0 Å². The van der Waals surface area contributed by atoms with Crippen LogP contribution >= 0.6 is 11.6 Å². The zero-order valence-corrected chi connectivity index (χ0v) is 11.6. The largest absolute Gasteiger partial charge is 0.490 e. The Morgan fingerprint density at radius 3 is 2.38 bits per heavy atom. The van der Waals surface area contributed by atoms with Gasteiger partial charge in [0.05, 0.1) is 10.6 Å². The summed E-state index contributed by atoms with van der Waals surface area (Å²) in [7, 11) is 0. The molecule has 0 radical (unpaired) electrons. The lowest BCUT2D eigenvalue weighted by Gasteiger charge is -2.10. The SMILES string of the molecule is O=C(O)c1ccc(OCCOc2ccc(F)cc2)c(Cl)c1. The van der Waals surface area contributed by atoms with E-state index in [1.54, 1.807) is 0 Å². The van der Waals surface area contributed by atoms with Crippen molar-refractivity contribution in [1.29, 1.82) is 0 Å². The summed E-state index contributed by atoms with van der Waals surface area (Å²) in [5.74, 6) is -0.469. The van der Waals surface area contributed by atoms with Crippen LogP contribution in [0.15, 0.2) is 42.5 Å². The standard InChI is InChI=1S/C15H12ClFO4/c16-13-9-10(15(18)19)1-6-14(13)21-8-7-20-12-4-2-11(17)3-5-12/h1-6,9H,7-8H2,(H,18,19). The van der Waals surface area contributed by atoms with Crippen LogP contribution in [0.1, 0.15) is 10.4 Å². The Balaban J connectivity index is 1.83. The van der Waals surface area contributed by atoms with Crippen LogP contribution in [0.3, 0.4) is 0 Å². The molecular formula is C15H12ClFO4. The minimum atomic E-state index is -1.05. The van der Waals surface area contributed by atoms with Crippen LogP contribution in [-0.4, -0.2) is 24.3 Å². The molecule has 0 saturated carbocycles. The molecule has 0 aliphatic heterocycles. The van der Waals surface area contributed by atoms with Crippen LogP contribution < -0.4 is 9.47 Å². The van der Waals surface area contributed by atoms with Gasteiger partial charge < -0.3 is 14.6 Å². The van der Waals surface area contributed by atoms with Crippen LogP contribution in [0.2, 0.25) is 5.02 Å². The Morgan fingerprint density at radius 2 is 1.76 bits per heavy atom. The van der Waals surface area contributed by atoms with Crippen molar-refractivity contribution in [1.82, 2.24) is 0 Å². The minimum absolute atomic E-state index is 0.0925. The first-order valence-electron chi connectivity index (χ1n) is 6.10. The van der Waals surface area contributed by atoms with Crippen LogP contribution in [0.5, 0.6) is 11.5 Å². The van der Waals surface area contributed by atoms with E-state index < -0.39 is 5.97 Å². The molecule has 0 atom stereocenters. The molecular weight excluding hydrogens is 299 g/mol. The second kappa shape index (κ2) is 6.95. The summed E-state index contributed by atoms with van der Waals surface area (Å²) in [5.41, 5.74) is 0.0925. The molecule has 0 saturated heterocycles. The topological polar surface area (TPSA) is 55.8 Å². The molecule has 6 heteroatoms. The highest BCUT2D eigenvalue weighted by atomic mass is 35.5. The molecule has 0 aliphatic rings. The number of aromatic carboxylic acids is 1. The van der Waals surface area contributed by atoms with Crippen molar-refractivity contribution in [3.05, 3.63) is 58.9 Å². The molecule has 0 aliphatic carbocycles. The van der Waals surface area contributed by atoms with Gasteiger partial charge in [-0.2, -0.15) is 0 Å². The third kappa shape index (κ3) is 4.36. The molecule has 1 N–H and O–H groups in total. The number of carboxylic acids is 1. The van der Waals surface area contributed by atoms with Crippen molar-refractivity contribution < 1.29 is 23.8 Å². The number of carbonyl (C=O) groups is 1. The van der Waals surface area contributed by atoms with E-state index >= 15 is 0 Å². The van der Waals surface area contributed by atoms with Crippen molar-refractivity contribution in [2.24, 2.45) is 0 Å². The number of carboxylic acid groups (broad SMARTS) is 1. The summed E-state index contributed by atoms with van der Waals surface area (Å²) in [6, 6.07) is 9.86. The highest BCUT2D eigenvalue weighted by molar-refractivity contribution is 6.32. The van der Waals surface area contributed by atoms with Crippen LogP contribution in [0.25, 0.3) is 0 Å². The Labute approximate surface area is 125 Å². The molecule has 0 fully saturated rings. The van der Waals surface area contributed by atoms with E-state index in [0.29, 0.717) is 11.5 Å². The van der Waals surface area contributed by atoms with E-state index in [0.717, 1.165) is 0 Å². The summed E-state index contributed by atoms with van der Waals surface area (Å²) in [6.07, 6.45) is 0. The summed E-state index contributed by atoms with van der Waals surface area (Å²) >= 11 is 5.92. The molecule has 2 aromatic carbocycles. The van der Waals surface area contributed by atoms with Crippen LogP contribution in [0, 0.1) is 5.82 Å². The van der Waals surface area contributed by atoms with Gasteiger partial charge in [-0.1, -0.05) is 11.6 Å². The first kappa shape index (κ1) is 15.1. The smallest absolute Gasteiger partial charge is 0.335 e. The lowest BCUT2D eigenvalue weighted by molar-refractivity contribution is 0.0697. The van der Waals surface area contributed by atoms with E-state index in [-0.39, 0.29) is 29.6 Å². The van der Waals surface area contributed by atoms with Crippen molar-refractivity contribution in [2.75, 3.05) is 13.2 Å². The molecule has 110 valence electrons. The van der Waals surface area contributed by atoms with Crippen molar-refractivity contribution in [2.45, 2.75) is 0 Å². The quantitative estimate of drug-likeness (QED) is 0.828. The number of ether oxygens (including phenoxy) is 2. The molecule has 2 aromatic rings.